The predicted molar refractivity (Wildman–Crippen MR) is 76.8 cm³/mol. The summed E-state index contributed by atoms with van der Waals surface area (Å²) >= 11 is 0. The Hall–Kier alpha value is -1.95. The second-order valence-electron chi connectivity index (χ2n) is 4.92. The second kappa shape index (κ2) is 6.47. The summed E-state index contributed by atoms with van der Waals surface area (Å²) in [6.07, 6.45) is 2.70. The van der Waals surface area contributed by atoms with Crippen molar-refractivity contribution in [3.63, 3.8) is 0 Å². The van der Waals surface area contributed by atoms with Gasteiger partial charge in [0.25, 0.3) is 5.69 Å². The Morgan fingerprint density at radius 3 is 3.00 bits per heavy atom. The first-order valence-electron chi connectivity index (χ1n) is 6.92. The number of amides is 1. The van der Waals surface area contributed by atoms with Gasteiger partial charge in [0.15, 0.2) is 0 Å². The first-order valence-corrected chi connectivity index (χ1v) is 6.92. The van der Waals surface area contributed by atoms with E-state index in [1.807, 2.05) is 0 Å². The third-order valence-electron chi connectivity index (χ3n) is 3.43. The van der Waals surface area contributed by atoms with Crippen LogP contribution in [0.15, 0.2) is 24.3 Å². The third kappa shape index (κ3) is 3.14. The summed E-state index contributed by atoms with van der Waals surface area (Å²) in [7, 11) is 0. The molecule has 0 bridgehead atoms. The Bertz CT molecular complexity index is 504. The molecule has 1 aromatic rings. The minimum atomic E-state index is -0.440. The lowest BCUT2D eigenvalue weighted by atomic mass is 10.0. The fourth-order valence-electron chi connectivity index (χ4n) is 2.41. The molecule has 6 nitrogen and oxygen atoms in total. The molecular formula is C14H19N3O3. The molecule has 0 radical (unpaired) electrons. The van der Waals surface area contributed by atoms with Gasteiger partial charge >= 0.3 is 0 Å². The van der Waals surface area contributed by atoms with E-state index >= 15 is 0 Å². The number of nitrogens with zero attached hydrogens (tertiary/aromatic N) is 2. The van der Waals surface area contributed by atoms with E-state index in [-0.39, 0.29) is 17.6 Å². The van der Waals surface area contributed by atoms with Crippen LogP contribution in [0, 0.1) is 10.1 Å². The molecule has 2 rings (SSSR count). The second-order valence-corrected chi connectivity index (χ2v) is 4.92. The molecule has 1 amide bonds. The van der Waals surface area contributed by atoms with E-state index in [4.69, 9.17) is 0 Å². The molecule has 1 atom stereocenters. The van der Waals surface area contributed by atoms with Gasteiger partial charge in [-0.15, -0.1) is 0 Å². The number of piperidine rings is 1. The number of nitro groups is 1. The van der Waals surface area contributed by atoms with Crippen molar-refractivity contribution in [1.29, 1.82) is 0 Å². The minimum absolute atomic E-state index is 0.00481. The average molecular weight is 277 g/mol. The van der Waals surface area contributed by atoms with Gasteiger partial charge in [-0.1, -0.05) is 13.0 Å². The maximum Gasteiger partial charge on any atom is 0.271 e. The van der Waals surface area contributed by atoms with E-state index in [9.17, 15) is 14.9 Å². The maximum atomic E-state index is 12.4. The average Bonchev–Trinajstić information content (AvgIpc) is 2.46. The molecule has 1 saturated heterocycles. The molecule has 1 aromatic carbocycles. The zero-order valence-corrected chi connectivity index (χ0v) is 11.5. The van der Waals surface area contributed by atoms with Crippen LogP contribution in [-0.2, 0) is 4.79 Å². The SMILES string of the molecule is CCCNC1CCCN(c2cccc([N+](=O)[O-])c2)C1=O. The first kappa shape index (κ1) is 14.5. The Morgan fingerprint density at radius 2 is 2.30 bits per heavy atom. The zero-order chi connectivity index (χ0) is 14.5. The third-order valence-corrected chi connectivity index (χ3v) is 3.43. The number of nitro benzene ring substituents is 1. The summed E-state index contributed by atoms with van der Waals surface area (Å²) in [5, 5.41) is 14.0. The van der Waals surface area contributed by atoms with Crippen LogP contribution in [0.2, 0.25) is 0 Å². The van der Waals surface area contributed by atoms with Crippen LogP contribution in [0.3, 0.4) is 0 Å². The van der Waals surface area contributed by atoms with Crippen LogP contribution in [0.1, 0.15) is 26.2 Å². The van der Waals surface area contributed by atoms with Gasteiger partial charge in [-0.2, -0.15) is 0 Å². The summed E-state index contributed by atoms with van der Waals surface area (Å²) in [6, 6.07) is 6.07. The predicted octanol–water partition coefficient (Wildman–Crippen LogP) is 2.09. The number of hydrogen-bond donors (Lipinski definition) is 1. The van der Waals surface area contributed by atoms with Crippen molar-refractivity contribution in [1.82, 2.24) is 5.32 Å². The van der Waals surface area contributed by atoms with E-state index in [1.165, 1.54) is 12.1 Å². The van der Waals surface area contributed by atoms with E-state index in [1.54, 1.807) is 17.0 Å². The molecule has 108 valence electrons. The van der Waals surface area contributed by atoms with Gasteiger partial charge in [0.2, 0.25) is 5.91 Å². The molecule has 0 aromatic heterocycles. The molecule has 1 fully saturated rings. The summed E-state index contributed by atoms with van der Waals surface area (Å²) in [4.78, 5) is 24.4. The molecule has 1 N–H and O–H groups in total. The Kier molecular flexibility index (Phi) is 4.68. The van der Waals surface area contributed by atoms with Crippen molar-refractivity contribution in [3.05, 3.63) is 34.4 Å². The van der Waals surface area contributed by atoms with Crippen LogP contribution in [0.25, 0.3) is 0 Å². The number of carbonyl (C=O) groups excluding carboxylic acids is 1. The molecule has 20 heavy (non-hydrogen) atoms. The van der Waals surface area contributed by atoms with E-state index in [0.717, 1.165) is 25.8 Å². The number of benzene rings is 1. The lowest BCUT2D eigenvalue weighted by molar-refractivity contribution is -0.384. The van der Waals surface area contributed by atoms with Crippen LogP contribution >= 0.6 is 0 Å². The number of carbonyl (C=O) groups is 1. The maximum absolute atomic E-state index is 12.4. The van der Waals surface area contributed by atoms with Crippen LogP contribution in [-0.4, -0.2) is 30.0 Å². The van der Waals surface area contributed by atoms with Crippen molar-refractivity contribution < 1.29 is 9.72 Å². The number of nitrogens with one attached hydrogen (secondary N) is 1. The van der Waals surface area contributed by atoms with Gasteiger partial charge in [-0.05, 0) is 31.9 Å². The van der Waals surface area contributed by atoms with Crippen molar-refractivity contribution in [2.75, 3.05) is 18.0 Å². The highest BCUT2D eigenvalue weighted by molar-refractivity contribution is 5.98. The molecule has 1 aliphatic heterocycles. The highest BCUT2D eigenvalue weighted by Gasteiger charge is 2.29. The number of non-ortho nitro benzene ring substituents is 1. The van der Waals surface area contributed by atoms with Gasteiger partial charge in [-0.3, -0.25) is 14.9 Å². The summed E-state index contributed by atoms with van der Waals surface area (Å²) < 4.78 is 0. The smallest absolute Gasteiger partial charge is 0.271 e. The first-order chi connectivity index (χ1) is 9.63. The largest absolute Gasteiger partial charge is 0.311 e. The monoisotopic (exact) mass is 277 g/mol. The molecule has 0 spiro atoms. The summed E-state index contributed by atoms with van der Waals surface area (Å²) in [6.45, 7) is 3.47. The van der Waals surface area contributed by atoms with Gasteiger partial charge in [0, 0.05) is 18.7 Å². The quantitative estimate of drug-likeness (QED) is 0.660. The summed E-state index contributed by atoms with van der Waals surface area (Å²) in [5.74, 6) is 0.00481. The van der Waals surface area contributed by atoms with Crippen LogP contribution in [0.4, 0.5) is 11.4 Å². The molecule has 6 heteroatoms. The molecular weight excluding hydrogens is 258 g/mol. The van der Waals surface area contributed by atoms with Crippen molar-refractivity contribution in [2.45, 2.75) is 32.2 Å². The molecule has 1 unspecified atom stereocenters. The van der Waals surface area contributed by atoms with E-state index < -0.39 is 4.92 Å². The summed E-state index contributed by atoms with van der Waals surface area (Å²) in [5.41, 5.74) is 0.617. The number of hydrogen-bond acceptors (Lipinski definition) is 4. The molecule has 0 aliphatic carbocycles. The highest BCUT2D eigenvalue weighted by Crippen LogP contribution is 2.25. The fraction of sp³-hybridized carbons (Fsp3) is 0.500. The van der Waals surface area contributed by atoms with Gasteiger partial charge < -0.3 is 10.2 Å². The molecule has 1 aliphatic rings. The fourth-order valence-corrected chi connectivity index (χ4v) is 2.41. The number of rotatable bonds is 5. The van der Waals surface area contributed by atoms with E-state index in [0.29, 0.717) is 12.2 Å². The standard InChI is InChI=1S/C14H19N3O3/c1-2-8-15-13-7-4-9-16(14(13)18)11-5-3-6-12(10-11)17(19)20/h3,5-6,10,13,15H,2,4,7-9H2,1H3. The molecule has 1 heterocycles. The normalized spacial score (nSPS) is 19.1. The van der Waals surface area contributed by atoms with Crippen molar-refractivity contribution in [2.24, 2.45) is 0 Å². The van der Waals surface area contributed by atoms with Crippen LogP contribution in [0.5, 0.6) is 0 Å². The Labute approximate surface area is 117 Å². The minimum Gasteiger partial charge on any atom is -0.311 e. The highest BCUT2D eigenvalue weighted by atomic mass is 16.6. The van der Waals surface area contributed by atoms with Gasteiger partial charge in [0.1, 0.15) is 0 Å². The Morgan fingerprint density at radius 1 is 1.50 bits per heavy atom. The van der Waals surface area contributed by atoms with Crippen molar-refractivity contribution >= 4 is 17.3 Å². The number of anilines is 1. The lowest BCUT2D eigenvalue weighted by Crippen LogP contribution is -2.51. The van der Waals surface area contributed by atoms with Gasteiger partial charge in [-0.25, -0.2) is 0 Å². The lowest BCUT2D eigenvalue weighted by Gasteiger charge is -2.32. The van der Waals surface area contributed by atoms with Crippen LogP contribution < -0.4 is 10.2 Å². The van der Waals surface area contributed by atoms with Gasteiger partial charge in [0.05, 0.1) is 16.7 Å². The van der Waals surface area contributed by atoms with Crippen molar-refractivity contribution in [3.8, 4) is 0 Å². The molecule has 0 saturated carbocycles. The Balaban J connectivity index is 2.16. The topological polar surface area (TPSA) is 75.5 Å². The van der Waals surface area contributed by atoms with E-state index in [2.05, 4.69) is 12.2 Å². The zero-order valence-electron chi connectivity index (χ0n) is 11.5.